The fraction of sp³-hybridized carbons (Fsp3) is 0.0588. The number of carbonyl (C=O) groups is 3. The molecule has 1 atom stereocenters. The fourth-order valence-electron chi connectivity index (χ4n) is 2.29. The third-order valence-electron chi connectivity index (χ3n) is 3.60. The van der Waals surface area contributed by atoms with Gasteiger partial charge in [0.15, 0.2) is 11.0 Å². The molecule has 1 aromatic heterocycles. The van der Waals surface area contributed by atoms with Crippen molar-refractivity contribution in [2.24, 2.45) is 11.0 Å². The zero-order chi connectivity index (χ0) is 19.4. The molecule has 1 aliphatic rings. The molecule has 1 fully saturated rings. The van der Waals surface area contributed by atoms with Crippen molar-refractivity contribution in [1.82, 2.24) is 15.7 Å². The van der Waals surface area contributed by atoms with Crippen molar-refractivity contribution in [2.45, 2.75) is 0 Å². The molecule has 3 rings (SSSR count). The van der Waals surface area contributed by atoms with E-state index < -0.39 is 23.6 Å². The van der Waals surface area contributed by atoms with E-state index in [0.717, 1.165) is 6.21 Å². The molecule has 1 aromatic carbocycles. The number of pyridine rings is 1. The largest absolute Gasteiger partial charge is 0.301 e. The van der Waals surface area contributed by atoms with Gasteiger partial charge in [-0.3, -0.25) is 24.3 Å². The number of nitrogens with one attached hydrogen (secondary N) is 2. The molecule has 136 valence electrons. The smallest absolute Gasteiger partial charge is 0.272 e. The quantitative estimate of drug-likeness (QED) is 0.350. The molecule has 3 amide bonds. The number of anilines is 1. The Balaban J connectivity index is 1.75. The maximum Gasteiger partial charge on any atom is 0.272 e. The van der Waals surface area contributed by atoms with Gasteiger partial charge in [0.2, 0.25) is 5.91 Å². The topological polar surface area (TPSA) is 104 Å². The number of hydrogen-bond acceptors (Lipinski definition) is 6. The van der Waals surface area contributed by atoms with E-state index in [2.05, 4.69) is 20.8 Å². The summed E-state index contributed by atoms with van der Waals surface area (Å²) in [6.45, 7) is 0. The molecular formula is C17H12ClN5O3S. The van der Waals surface area contributed by atoms with Gasteiger partial charge in [-0.15, -0.1) is 0 Å². The van der Waals surface area contributed by atoms with Crippen molar-refractivity contribution in [1.29, 1.82) is 0 Å². The van der Waals surface area contributed by atoms with Gasteiger partial charge in [0.1, 0.15) is 0 Å². The second-order valence-corrected chi connectivity index (χ2v) is 6.21. The Kier molecular flexibility index (Phi) is 5.53. The molecule has 10 heteroatoms. The molecular weight excluding hydrogens is 390 g/mol. The molecule has 0 bridgehead atoms. The highest BCUT2D eigenvalue weighted by atomic mass is 35.5. The Morgan fingerprint density at radius 1 is 1.30 bits per heavy atom. The lowest BCUT2D eigenvalue weighted by Gasteiger charge is -2.30. The summed E-state index contributed by atoms with van der Waals surface area (Å²) in [5.41, 5.74) is 2.99. The first kappa shape index (κ1) is 18.6. The molecule has 1 aliphatic heterocycles. The van der Waals surface area contributed by atoms with Crippen LogP contribution in [0.25, 0.3) is 0 Å². The Morgan fingerprint density at radius 3 is 2.70 bits per heavy atom. The van der Waals surface area contributed by atoms with E-state index in [1.807, 2.05) is 0 Å². The average molecular weight is 402 g/mol. The monoisotopic (exact) mass is 401 g/mol. The van der Waals surface area contributed by atoms with Crippen LogP contribution in [0.3, 0.4) is 0 Å². The minimum atomic E-state index is -1.25. The van der Waals surface area contributed by atoms with E-state index in [0.29, 0.717) is 10.7 Å². The van der Waals surface area contributed by atoms with Gasteiger partial charge >= 0.3 is 0 Å². The molecule has 2 heterocycles. The summed E-state index contributed by atoms with van der Waals surface area (Å²) < 4.78 is 0. The standard InChI is InChI=1S/C17H12ClN5O3S/c18-11-3-5-12(6-4-11)23-16(26)13(15(25)21-17(23)27)9-20-22-14(24)10-2-1-7-19-8-10/h1-9,13H,(H,22,24)(H,21,25,27)/b20-9-/t13-/m1/s1. The number of halogens is 1. The van der Waals surface area contributed by atoms with Crippen molar-refractivity contribution >= 4 is 58.6 Å². The third-order valence-corrected chi connectivity index (χ3v) is 4.14. The van der Waals surface area contributed by atoms with Gasteiger partial charge in [-0.2, -0.15) is 5.10 Å². The van der Waals surface area contributed by atoms with Gasteiger partial charge in [-0.05, 0) is 48.6 Å². The molecule has 2 aromatic rings. The van der Waals surface area contributed by atoms with E-state index >= 15 is 0 Å². The van der Waals surface area contributed by atoms with Crippen LogP contribution in [0.5, 0.6) is 0 Å². The second-order valence-electron chi connectivity index (χ2n) is 5.38. The molecule has 2 N–H and O–H groups in total. The first-order valence-electron chi connectivity index (χ1n) is 7.65. The summed E-state index contributed by atoms with van der Waals surface area (Å²) >= 11 is 10.9. The number of hydrazone groups is 1. The molecule has 1 saturated heterocycles. The molecule has 0 saturated carbocycles. The van der Waals surface area contributed by atoms with Crippen LogP contribution in [0.2, 0.25) is 5.02 Å². The number of thiocarbonyl (C=S) groups is 1. The van der Waals surface area contributed by atoms with Crippen LogP contribution in [0.4, 0.5) is 5.69 Å². The molecule has 0 unspecified atom stereocenters. The van der Waals surface area contributed by atoms with Gasteiger partial charge < -0.3 is 5.32 Å². The number of amides is 3. The number of nitrogens with zero attached hydrogens (tertiary/aromatic N) is 3. The van der Waals surface area contributed by atoms with E-state index in [-0.39, 0.29) is 10.7 Å². The van der Waals surface area contributed by atoms with Gasteiger partial charge in [-0.1, -0.05) is 11.6 Å². The highest BCUT2D eigenvalue weighted by Crippen LogP contribution is 2.22. The van der Waals surface area contributed by atoms with E-state index in [1.54, 1.807) is 36.4 Å². The Hall–Kier alpha value is -3.17. The Bertz CT molecular complexity index is 933. The number of benzene rings is 1. The molecule has 0 aliphatic carbocycles. The van der Waals surface area contributed by atoms with Gasteiger partial charge in [-0.25, -0.2) is 5.43 Å². The van der Waals surface area contributed by atoms with E-state index in [9.17, 15) is 14.4 Å². The Labute approximate surface area is 164 Å². The summed E-state index contributed by atoms with van der Waals surface area (Å²) in [4.78, 5) is 41.7. The van der Waals surface area contributed by atoms with Gasteiger partial charge in [0.05, 0.1) is 11.3 Å². The zero-order valence-electron chi connectivity index (χ0n) is 13.6. The van der Waals surface area contributed by atoms with Crippen molar-refractivity contribution in [3.8, 4) is 0 Å². The van der Waals surface area contributed by atoms with Crippen LogP contribution in [0.1, 0.15) is 10.4 Å². The lowest BCUT2D eigenvalue weighted by Crippen LogP contribution is -2.58. The lowest BCUT2D eigenvalue weighted by molar-refractivity contribution is -0.130. The van der Waals surface area contributed by atoms with Crippen LogP contribution in [0.15, 0.2) is 53.9 Å². The third kappa shape index (κ3) is 4.15. The summed E-state index contributed by atoms with van der Waals surface area (Å²) in [6.07, 6.45) is 3.94. The summed E-state index contributed by atoms with van der Waals surface area (Å²) in [7, 11) is 0. The van der Waals surface area contributed by atoms with Crippen LogP contribution in [-0.2, 0) is 9.59 Å². The molecule has 8 nitrogen and oxygen atoms in total. The average Bonchev–Trinajstić information content (AvgIpc) is 2.66. The Morgan fingerprint density at radius 2 is 2.04 bits per heavy atom. The summed E-state index contributed by atoms with van der Waals surface area (Å²) in [5, 5.41) is 6.61. The first-order chi connectivity index (χ1) is 13.0. The van der Waals surface area contributed by atoms with E-state index in [1.165, 1.54) is 17.3 Å². The number of aromatic nitrogens is 1. The van der Waals surface area contributed by atoms with Crippen LogP contribution >= 0.6 is 23.8 Å². The van der Waals surface area contributed by atoms with Crippen molar-refractivity contribution < 1.29 is 14.4 Å². The van der Waals surface area contributed by atoms with Crippen LogP contribution < -0.4 is 15.6 Å². The lowest BCUT2D eigenvalue weighted by atomic mass is 10.1. The van der Waals surface area contributed by atoms with Crippen LogP contribution in [-0.4, -0.2) is 34.0 Å². The van der Waals surface area contributed by atoms with Gasteiger partial charge in [0, 0.05) is 23.6 Å². The summed E-state index contributed by atoms with van der Waals surface area (Å²) in [5.74, 6) is -2.99. The highest BCUT2D eigenvalue weighted by molar-refractivity contribution is 7.80. The van der Waals surface area contributed by atoms with Crippen LogP contribution in [0, 0.1) is 5.92 Å². The predicted octanol–water partition coefficient (Wildman–Crippen LogP) is 1.51. The van der Waals surface area contributed by atoms with Crippen molar-refractivity contribution in [3.05, 3.63) is 59.4 Å². The number of rotatable bonds is 4. The maximum atomic E-state index is 12.7. The zero-order valence-corrected chi connectivity index (χ0v) is 15.2. The molecule has 27 heavy (non-hydrogen) atoms. The van der Waals surface area contributed by atoms with Crippen molar-refractivity contribution in [2.75, 3.05) is 4.90 Å². The summed E-state index contributed by atoms with van der Waals surface area (Å²) in [6, 6.07) is 9.55. The molecule has 0 radical (unpaired) electrons. The number of hydrogen-bond donors (Lipinski definition) is 2. The minimum absolute atomic E-state index is 0.0450. The maximum absolute atomic E-state index is 12.7. The second kappa shape index (κ2) is 8.02. The van der Waals surface area contributed by atoms with Crippen molar-refractivity contribution in [3.63, 3.8) is 0 Å². The predicted molar refractivity (Wildman–Crippen MR) is 103 cm³/mol. The highest BCUT2D eigenvalue weighted by Gasteiger charge is 2.38. The molecule has 0 spiro atoms. The van der Waals surface area contributed by atoms with E-state index in [4.69, 9.17) is 23.8 Å². The SMILES string of the molecule is O=C(N/N=C\[C@@H]1C(=O)NC(=S)N(c2ccc(Cl)cc2)C1=O)c1cccnc1. The fourth-order valence-corrected chi connectivity index (χ4v) is 2.71. The van der Waals surface area contributed by atoms with Gasteiger partial charge in [0.25, 0.3) is 11.8 Å². The first-order valence-corrected chi connectivity index (χ1v) is 8.44. The number of carbonyl (C=O) groups excluding carboxylic acids is 3. The normalized spacial score (nSPS) is 17.1. The minimum Gasteiger partial charge on any atom is -0.301 e.